The topological polar surface area (TPSA) is 83.9 Å². The van der Waals surface area contributed by atoms with Gasteiger partial charge in [-0.3, -0.25) is 4.55 Å². The molecule has 0 radical (unpaired) electrons. The Hall–Kier alpha value is -1.74. The number of hydrogen-bond donors (Lipinski definition) is 1. The summed E-state index contributed by atoms with van der Waals surface area (Å²) in [5.41, 5.74) is 0.770. The highest BCUT2D eigenvalue weighted by atomic mass is 32.2. The van der Waals surface area contributed by atoms with Crippen LogP contribution < -0.4 is 4.90 Å². The van der Waals surface area contributed by atoms with Crippen molar-refractivity contribution in [2.75, 3.05) is 25.6 Å². The fraction of sp³-hybridized carbons (Fsp3) is 0.364. The molecule has 0 unspecified atom stereocenters. The Bertz CT molecular complexity index is 583. The second-order valence-corrected chi connectivity index (χ2v) is 5.68. The van der Waals surface area contributed by atoms with Crippen LogP contribution in [0.4, 0.5) is 14.5 Å². The second kappa shape index (κ2) is 5.71. The van der Waals surface area contributed by atoms with E-state index in [0.29, 0.717) is 0 Å². The number of nitrogens with zero attached hydrogens (tertiary/aromatic N) is 1. The number of alkyl halides is 2. The standard InChI is InChI=1S/C11H13F2NO5S/c1-14(2)9-5-3-8(4-6-9)10(15)19-7-11(12,13)20(16,17)18/h3-6H,7H2,1-2H3,(H,16,17,18). The van der Waals surface area contributed by atoms with E-state index in [4.69, 9.17) is 4.55 Å². The summed E-state index contributed by atoms with van der Waals surface area (Å²) in [5.74, 6) is -1.11. The van der Waals surface area contributed by atoms with E-state index in [1.807, 2.05) is 0 Å². The molecule has 9 heteroatoms. The molecule has 0 aliphatic carbocycles. The van der Waals surface area contributed by atoms with Gasteiger partial charge in [-0.1, -0.05) is 0 Å². The van der Waals surface area contributed by atoms with Gasteiger partial charge >= 0.3 is 21.3 Å². The first-order valence-corrected chi connectivity index (χ1v) is 6.78. The molecule has 0 saturated heterocycles. The molecule has 1 aromatic rings. The number of anilines is 1. The smallest absolute Gasteiger partial charge is 0.402 e. The first-order chi connectivity index (χ1) is 9.04. The number of hydrogen-bond acceptors (Lipinski definition) is 5. The molecule has 0 aliphatic heterocycles. The maximum Gasteiger partial charge on any atom is 0.402 e. The molecule has 1 N–H and O–H groups in total. The summed E-state index contributed by atoms with van der Waals surface area (Å²) in [4.78, 5) is 13.2. The Morgan fingerprint density at radius 3 is 2.20 bits per heavy atom. The van der Waals surface area contributed by atoms with Crippen LogP contribution in [0.3, 0.4) is 0 Å². The predicted octanol–water partition coefficient (Wildman–Crippen LogP) is 1.39. The molecule has 0 saturated carbocycles. The van der Waals surface area contributed by atoms with E-state index in [9.17, 15) is 22.0 Å². The van der Waals surface area contributed by atoms with E-state index in [-0.39, 0.29) is 5.56 Å². The number of rotatable bonds is 5. The Kier molecular flexibility index (Phi) is 4.66. The number of benzene rings is 1. The van der Waals surface area contributed by atoms with Crippen molar-refractivity contribution in [3.63, 3.8) is 0 Å². The lowest BCUT2D eigenvalue weighted by Crippen LogP contribution is -2.34. The summed E-state index contributed by atoms with van der Waals surface area (Å²) in [5, 5.41) is -4.54. The molecule has 0 amide bonds. The zero-order valence-electron chi connectivity index (χ0n) is 10.7. The van der Waals surface area contributed by atoms with Gasteiger partial charge in [-0.2, -0.15) is 17.2 Å². The van der Waals surface area contributed by atoms with Crippen molar-refractivity contribution in [2.45, 2.75) is 5.25 Å². The lowest BCUT2D eigenvalue weighted by atomic mass is 10.2. The first kappa shape index (κ1) is 16.3. The molecule has 0 heterocycles. The molecule has 0 atom stereocenters. The van der Waals surface area contributed by atoms with Crippen LogP contribution in [0.1, 0.15) is 10.4 Å². The van der Waals surface area contributed by atoms with Crippen molar-refractivity contribution in [1.82, 2.24) is 0 Å². The minimum Gasteiger partial charge on any atom is -0.454 e. The van der Waals surface area contributed by atoms with E-state index < -0.39 is 27.9 Å². The summed E-state index contributed by atoms with van der Waals surface area (Å²) >= 11 is 0. The Labute approximate surface area is 114 Å². The van der Waals surface area contributed by atoms with Crippen LogP contribution >= 0.6 is 0 Å². The van der Waals surface area contributed by atoms with Gasteiger partial charge in [0.05, 0.1) is 5.56 Å². The van der Waals surface area contributed by atoms with Gasteiger partial charge in [0.2, 0.25) is 0 Å². The highest BCUT2D eigenvalue weighted by Gasteiger charge is 2.45. The predicted molar refractivity (Wildman–Crippen MR) is 67.5 cm³/mol. The van der Waals surface area contributed by atoms with Crippen molar-refractivity contribution in [2.24, 2.45) is 0 Å². The lowest BCUT2D eigenvalue weighted by molar-refractivity contribution is -0.00950. The van der Waals surface area contributed by atoms with E-state index in [1.54, 1.807) is 31.1 Å². The van der Waals surface area contributed by atoms with Crippen molar-refractivity contribution in [3.8, 4) is 0 Å². The number of carbonyl (C=O) groups excluding carboxylic acids is 1. The van der Waals surface area contributed by atoms with Crippen molar-refractivity contribution >= 4 is 21.8 Å². The fourth-order valence-corrected chi connectivity index (χ4v) is 1.41. The summed E-state index contributed by atoms with van der Waals surface area (Å²) < 4.78 is 58.8. The maximum atomic E-state index is 12.9. The van der Waals surface area contributed by atoms with E-state index in [0.717, 1.165) is 5.69 Å². The number of esters is 1. The van der Waals surface area contributed by atoms with E-state index >= 15 is 0 Å². The maximum absolute atomic E-state index is 12.9. The van der Waals surface area contributed by atoms with Crippen molar-refractivity contribution in [1.29, 1.82) is 0 Å². The molecule has 112 valence electrons. The minimum absolute atomic E-state index is 0.0123. The molecule has 0 fully saturated rings. The SMILES string of the molecule is CN(C)c1ccc(C(=O)OCC(F)(F)S(=O)(=O)O)cc1. The van der Waals surface area contributed by atoms with Crippen LogP contribution in [0.15, 0.2) is 24.3 Å². The van der Waals surface area contributed by atoms with Gasteiger partial charge in [0.25, 0.3) is 0 Å². The Morgan fingerprint density at radius 2 is 1.80 bits per heavy atom. The molecule has 0 aromatic heterocycles. The summed E-state index contributed by atoms with van der Waals surface area (Å²) in [7, 11) is -2.06. The van der Waals surface area contributed by atoms with Gasteiger partial charge in [-0.05, 0) is 24.3 Å². The van der Waals surface area contributed by atoms with E-state index in [2.05, 4.69) is 4.74 Å². The highest BCUT2D eigenvalue weighted by Crippen LogP contribution is 2.21. The monoisotopic (exact) mass is 309 g/mol. The molecule has 6 nitrogen and oxygen atoms in total. The quantitative estimate of drug-likeness (QED) is 0.653. The molecule has 0 bridgehead atoms. The number of halogens is 2. The third kappa shape index (κ3) is 3.87. The van der Waals surface area contributed by atoms with Crippen LogP contribution in [0.5, 0.6) is 0 Å². The molecular weight excluding hydrogens is 296 g/mol. The van der Waals surface area contributed by atoms with Crippen LogP contribution in [0.2, 0.25) is 0 Å². The van der Waals surface area contributed by atoms with E-state index in [1.165, 1.54) is 12.1 Å². The lowest BCUT2D eigenvalue weighted by Gasteiger charge is -2.14. The highest BCUT2D eigenvalue weighted by molar-refractivity contribution is 7.86. The minimum atomic E-state index is -5.62. The zero-order valence-corrected chi connectivity index (χ0v) is 11.5. The van der Waals surface area contributed by atoms with Crippen molar-refractivity contribution in [3.05, 3.63) is 29.8 Å². The molecule has 1 rings (SSSR count). The third-order valence-corrected chi connectivity index (χ3v) is 3.24. The van der Waals surface area contributed by atoms with Crippen LogP contribution in [0.25, 0.3) is 0 Å². The van der Waals surface area contributed by atoms with Gasteiger partial charge in [-0.15, -0.1) is 0 Å². The largest absolute Gasteiger partial charge is 0.454 e. The number of carbonyl (C=O) groups is 1. The summed E-state index contributed by atoms with van der Waals surface area (Å²) in [6.07, 6.45) is 0. The first-order valence-electron chi connectivity index (χ1n) is 5.34. The fourth-order valence-electron chi connectivity index (χ4n) is 1.20. The second-order valence-electron chi connectivity index (χ2n) is 4.13. The molecule has 0 spiro atoms. The molecule has 0 aliphatic rings. The molecule has 20 heavy (non-hydrogen) atoms. The average molecular weight is 309 g/mol. The van der Waals surface area contributed by atoms with Crippen LogP contribution in [-0.2, 0) is 14.9 Å². The molecule has 1 aromatic carbocycles. The zero-order chi connectivity index (χ0) is 15.6. The number of ether oxygens (including phenoxy) is 1. The molecular formula is C11H13F2NO5S. The van der Waals surface area contributed by atoms with Gasteiger partial charge in [0.15, 0.2) is 6.61 Å². The van der Waals surface area contributed by atoms with Crippen LogP contribution in [0, 0.1) is 0 Å². The Morgan fingerprint density at radius 1 is 1.30 bits per heavy atom. The summed E-state index contributed by atoms with van der Waals surface area (Å²) in [6.45, 7) is -1.75. The van der Waals surface area contributed by atoms with Gasteiger partial charge < -0.3 is 9.64 Å². The third-order valence-electron chi connectivity index (χ3n) is 2.37. The van der Waals surface area contributed by atoms with Gasteiger partial charge in [-0.25, -0.2) is 4.79 Å². The normalized spacial score (nSPS) is 12.1. The van der Waals surface area contributed by atoms with Crippen LogP contribution in [-0.4, -0.2) is 44.9 Å². The van der Waals surface area contributed by atoms with Gasteiger partial charge in [0, 0.05) is 19.8 Å². The summed E-state index contributed by atoms with van der Waals surface area (Å²) in [6, 6.07) is 5.83. The average Bonchev–Trinajstić information content (AvgIpc) is 2.34. The van der Waals surface area contributed by atoms with Gasteiger partial charge in [0.1, 0.15) is 0 Å². The Balaban J connectivity index is 2.73. The van der Waals surface area contributed by atoms with Crippen molar-refractivity contribution < 1.29 is 31.3 Å².